The van der Waals surface area contributed by atoms with Gasteiger partial charge in [0.25, 0.3) is 5.91 Å². The smallest absolute Gasteiger partial charge is 0.256 e. The summed E-state index contributed by atoms with van der Waals surface area (Å²) in [5.41, 5.74) is 2.83. The molecule has 1 aliphatic carbocycles. The van der Waals surface area contributed by atoms with Crippen molar-refractivity contribution in [3.05, 3.63) is 63.9 Å². The monoisotopic (exact) mass is 454 g/mol. The van der Waals surface area contributed by atoms with Crippen molar-refractivity contribution < 1.29 is 14.0 Å². The van der Waals surface area contributed by atoms with Crippen LogP contribution in [0.2, 0.25) is 5.02 Å². The van der Waals surface area contributed by atoms with Crippen molar-refractivity contribution in [2.24, 2.45) is 10.9 Å². The molecule has 0 radical (unpaired) electrons. The Bertz CT molecular complexity index is 1090. The summed E-state index contributed by atoms with van der Waals surface area (Å²) < 4.78 is 14.6. The van der Waals surface area contributed by atoms with Crippen LogP contribution in [0.25, 0.3) is 0 Å². The van der Waals surface area contributed by atoms with E-state index < -0.39 is 5.82 Å². The van der Waals surface area contributed by atoms with E-state index in [0.717, 1.165) is 29.7 Å². The van der Waals surface area contributed by atoms with Crippen LogP contribution in [0.5, 0.6) is 0 Å². The molecule has 0 spiro atoms. The van der Waals surface area contributed by atoms with Crippen LogP contribution in [-0.2, 0) is 11.3 Å². The minimum Gasteiger partial charge on any atom is -0.347 e. The van der Waals surface area contributed by atoms with Crippen LogP contribution < -0.4 is 4.90 Å². The first kappa shape index (κ1) is 20.9. The van der Waals surface area contributed by atoms with Crippen LogP contribution in [0, 0.1) is 11.7 Å². The molecule has 6 nitrogen and oxygen atoms in total. The highest BCUT2D eigenvalue weighted by Gasteiger charge is 2.35. The van der Waals surface area contributed by atoms with Crippen molar-refractivity contribution in [3.63, 3.8) is 0 Å². The molecule has 0 N–H and O–H groups in total. The third-order valence-electron chi connectivity index (χ3n) is 6.25. The standard InChI is InChI=1S/C24H24ClFN4O2/c25-19-4-6-22-18(12-19)13-27-15-30(22)14-16-1-5-21(26)20(11-16)24(32)29-9-7-28(8-10-29)23(31)17-2-3-17/h1,4-6,11-13,17H,2-3,7-10,14-15H2. The van der Waals surface area contributed by atoms with E-state index in [4.69, 9.17) is 11.6 Å². The average Bonchev–Trinajstić information content (AvgIpc) is 3.65. The first-order valence-corrected chi connectivity index (χ1v) is 11.3. The number of nitrogens with zero attached hydrogens (tertiary/aromatic N) is 4. The second kappa shape index (κ2) is 8.54. The molecule has 2 aromatic carbocycles. The first-order valence-electron chi connectivity index (χ1n) is 10.9. The number of carbonyl (C=O) groups is 2. The predicted molar refractivity (Wildman–Crippen MR) is 122 cm³/mol. The Labute approximate surface area is 191 Å². The van der Waals surface area contributed by atoms with E-state index in [1.807, 2.05) is 23.1 Å². The van der Waals surface area contributed by atoms with Crippen molar-refractivity contribution in [3.8, 4) is 0 Å². The fraction of sp³-hybridized carbons (Fsp3) is 0.375. The molecule has 2 fully saturated rings. The molecule has 0 unspecified atom stereocenters. The van der Waals surface area contributed by atoms with Gasteiger partial charge in [0.15, 0.2) is 0 Å². The highest BCUT2D eigenvalue weighted by atomic mass is 35.5. The Morgan fingerprint density at radius 2 is 1.78 bits per heavy atom. The molecule has 0 bridgehead atoms. The SMILES string of the molecule is O=C(c1cc(CN2CN=Cc3cc(Cl)ccc32)ccc1F)N1CCN(C(=O)C2CC2)CC1. The number of aliphatic imine (C=N–C) groups is 1. The molecular weight excluding hydrogens is 431 g/mol. The van der Waals surface area contributed by atoms with E-state index in [9.17, 15) is 14.0 Å². The minimum atomic E-state index is -0.529. The Hall–Kier alpha value is -2.93. The molecular formula is C24H24ClFN4O2. The van der Waals surface area contributed by atoms with Crippen LogP contribution in [0.3, 0.4) is 0 Å². The lowest BCUT2D eigenvalue weighted by atomic mass is 10.1. The number of hydrogen-bond donors (Lipinski definition) is 0. The summed E-state index contributed by atoms with van der Waals surface area (Å²) in [5, 5.41) is 0.644. The lowest BCUT2D eigenvalue weighted by molar-refractivity contribution is -0.134. The third kappa shape index (κ3) is 4.21. The van der Waals surface area contributed by atoms with E-state index in [-0.39, 0.29) is 23.3 Å². The van der Waals surface area contributed by atoms with E-state index in [2.05, 4.69) is 9.89 Å². The number of benzene rings is 2. The number of anilines is 1. The maximum atomic E-state index is 14.6. The number of carbonyl (C=O) groups excluding carboxylic acids is 2. The van der Waals surface area contributed by atoms with Crippen LogP contribution in [0.1, 0.15) is 34.3 Å². The lowest BCUT2D eigenvalue weighted by Gasteiger charge is -2.35. The number of piperazine rings is 1. The van der Waals surface area contributed by atoms with Gasteiger partial charge in [0.2, 0.25) is 5.91 Å². The zero-order chi connectivity index (χ0) is 22.2. The van der Waals surface area contributed by atoms with Crippen molar-refractivity contribution in [1.82, 2.24) is 9.80 Å². The molecule has 3 aliphatic rings. The van der Waals surface area contributed by atoms with Gasteiger partial charge in [-0.05, 0) is 48.7 Å². The molecule has 2 amide bonds. The topological polar surface area (TPSA) is 56.2 Å². The van der Waals surface area contributed by atoms with Crippen LogP contribution in [-0.4, -0.2) is 60.7 Å². The van der Waals surface area contributed by atoms with Gasteiger partial charge < -0.3 is 14.7 Å². The van der Waals surface area contributed by atoms with E-state index >= 15 is 0 Å². The van der Waals surface area contributed by atoms with Gasteiger partial charge in [0.05, 0.1) is 5.56 Å². The van der Waals surface area contributed by atoms with E-state index in [0.29, 0.717) is 44.4 Å². The normalized spacial score (nSPS) is 18.0. The fourth-order valence-electron chi connectivity index (χ4n) is 4.31. The number of amides is 2. The Kier molecular flexibility index (Phi) is 5.59. The number of rotatable bonds is 4. The maximum Gasteiger partial charge on any atom is 0.256 e. The second-order valence-electron chi connectivity index (χ2n) is 8.56. The van der Waals surface area contributed by atoms with Crippen molar-refractivity contribution in [2.45, 2.75) is 19.4 Å². The van der Waals surface area contributed by atoms with E-state index in [1.165, 1.54) is 6.07 Å². The summed E-state index contributed by atoms with van der Waals surface area (Å²) in [4.78, 5) is 35.2. The summed E-state index contributed by atoms with van der Waals surface area (Å²) in [5.74, 6) is -0.492. The van der Waals surface area contributed by atoms with Gasteiger partial charge in [-0.1, -0.05) is 17.7 Å². The van der Waals surface area contributed by atoms with Crippen LogP contribution >= 0.6 is 11.6 Å². The largest absolute Gasteiger partial charge is 0.347 e. The van der Waals surface area contributed by atoms with Gasteiger partial charge in [-0.3, -0.25) is 14.6 Å². The number of fused-ring (bicyclic) bond motifs is 1. The molecule has 2 heterocycles. The summed E-state index contributed by atoms with van der Waals surface area (Å²) in [7, 11) is 0. The van der Waals surface area contributed by atoms with Gasteiger partial charge in [0, 0.05) is 61.1 Å². The molecule has 166 valence electrons. The highest BCUT2D eigenvalue weighted by Crippen LogP contribution is 2.31. The highest BCUT2D eigenvalue weighted by molar-refractivity contribution is 6.31. The van der Waals surface area contributed by atoms with Gasteiger partial charge in [-0.2, -0.15) is 0 Å². The first-order chi connectivity index (χ1) is 15.5. The summed E-state index contributed by atoms with van der Waals surface area (Å²) in [6, 6.07) is 10.3. The van der Waals surface area contributed by atoms with Gasteiger partial charge in [-0.25, -0.2) is 4.39 Å². The number of hydrogen-bond acceptors (Lipinski definition) is 4. The van der Waals surface area contributed by atoms with Crippen LogP contribution in [0.4, 0.5) is 10.1 Å². The predicted octanol–water partition coefficient (Wildman–Crippen LogP) is 3.57. The quantitative estimate of drug-likeness (QED) is 0.709. The maximum absolute atomic E-state index is 14.6. The zero-order valence-corrected chi connectivity index (χ0v) is 18.4. The molecule has 8 heteroatoms. The van der Waals surface area contributed by atoms with Crippen LogP contribution in [0.15, 0.2) is 41.4 Å². The third-order valence-corrected chi connectivity index (χ3v) is 6.49. The van der Waals surface area contributed by atoms with Crippen molar-refractivity contribution in [1.29, 1.82) is 0 Å². The Balaban J connectivity index is 1.29. The minimum absolute atomic E-state index is 0.0707. The summed E-state index contributed by atoms with van der Waals surface area (Å²) in [6.07, 6.45) is 3.73. The fourth-order valence-corrected chi connectivity index (χ4v) is 4.49. The van der Waals surface area contributed by atoms with E-state index in [1.54, 1.807) is 23.2 Å². The zero-order valence-electron chi connectivity index (χ0n) is 17.6. The lowest BCUT2D eigenvalue weighted by Crippen LogP contribution is -2.51. The molecule has 1 saturated carbocycles. The van der Waals surface area contributed by atoms with Gasteiger partial charge >= 0.3 is 0 Å². The second-order valence-corrected chi connectivity index (χ2v) is 9.00. The molecule has 0 atom stereocenters. The molecule has 0 aromatic heterocycles. The van der Waals surface area contributed by atoms with Gasteiger partial charge in [-0.15, -0.1) is 0 Å². The summed E-state index contributed by atoms with van der Waals surface area (Å²) >= 11 is 6.09. The average molecular weight is 455 g/mol. The Morgan fingerprint density at radius 3 is 2.53 bits per heavy atom. The van der Waals surface area contributed by atoms with Gasteiger partial charge in [0.1, 0.15) is 12.5 Å². The van der Waals surface area contributed by atoms with Crippen molar-refractivity contribution >= 4 is 35.3 Å². The number of halogens is 2. The Morgan fingerprint density at radius 1 is 1.03 bits per heavy atom. The molecule has 5 rings (SSSR count). The van der Waals surface area contributed by atoms with Crippen molar-refractivity contribution in [2.75, 3.05) is 37.7 Å². The molecule has 2 aromatic rings. The molecule has 1 saturated heterocycles. The molecule has 2 aliphatic heterocycles. The molecule has 32 heavy (non-hydrogen) atoms. The summed E-state index contributed by atoms with van der Waals surface area (Å²) in [6.45, 7) is 2.84.